The summed E-state index contributed by atoms with van der Waals surface area (Å²) in [5.74, 6) is 1.19. The van der Waals surface area contributed by atoms with Crippen LogP contribution in [0.5, 0.6) is 0 Å². The number of carbonyl (C=O) groups is 1. The first kappa shape index (κ1) is 14.5. The Kier molecular flexibility index (Phi) is 4.32. The van der Waals surface area contributed by atoms with Gasteiger partial charge in [-0.25, -0.2) is 9.97 Å². The molecule has 1 amide bonds. The summed E-state index contributed by atoms with van der Waals surface area (Å²) in [5, 5.41) is 6.22. The van der Waals surface area contributed by atoms with E-state index < -0.39 is 0 Å². The molecule has 2 N–H and O–H groups in total. The molecule has 1 aromatic heterocycles. The van der Waals surface area contributed by atoms with Crippen molar-refractivity contribution in [2.24, 2.45) is 0 Å². The van der Waals surface area contributed by atoms with Crippen molar-refractivity contribution >= 4 is 11.7 Å². The smallest absolute Gasteiger partial charge is 0.270 e. The van der Waals surface area contributed by atoms with E-state index in [9.17, 15) is 4.79 Å². The van der Waals surface area contributed by atoms with E-state index in [0.717, 1.165) is 25.8 Å². The number of aryl methyl sites for hydroxylation is 1. The summed E-state index contributed by atoms with van der Waals surface area (Å²) in [4.78, 5) is 20.6. The lowest BCUT2D eigenvalue weighted by molar-refractivity contribution is 0.0945. The molecule has 1 fully saturated rings. The number of amides is 1. The zero-order valence-corrected chi connectivity index (χ0v) is 12.7. The van der Waals surface area contributed by atoms with Crippen molar-refractivity contribution in [3.63, 3.8) is 0 Å². The van der Waals surface area contributed by atoms with Crippen molar-refractivity contribution in [3.05, 3.63) is 53.5 Å². The Hall–Kier alpha value is -2.43. The average Bonchev–Trinajstić information content (AvgIpc) is 3.32. The second-order valence-corrected chi connectivity index (χ2v) is 5.60. The van der Waals surface area contributed by atoms with E-state index in [4.69, 9.17) is 0 Å². The minimum atomic E-state index is -0.112. The van der Waals surface area contributed by atoms with Gasteiger partial charge < -0.3 is 10.6 Å². The lowest BCUT2D eigenvalue weighted by Gasteiger charge is -2.09. The van der Waals surface area contributed by atoms with Crippen molar-refractivity contribution in [2.75, 3.05) is 11.9 Å². The molecular formula is C17H20N4O. The van der Waals surface area contributed by atoms with E-state index in [1.807, 2.05) is 18.2 Å². The van der Waals surface area contributed by atoms with Crippen molar-refractivity contribution in [1.29, 1.82) is 0 Å². The SMILES string of the molecule is Cc1nc(NCCc2ccccc2)cc(C(=O)NC2CC2)n1. The van der Waals surface area contributed by atoms with Crippen LogP contribution in [0.3, 0.4) is 0 Å². The van der Waals surface area contributed by atoms with Gasteiger partial charge in [-0.15, -0.1) is 0 Å². The Labute approximate surface area is 130 Å². The highest BCUT2D eigenvalue weighted by molar-refractivity contribution is 5.93. The van der Waals surface area contributed by atoms with Crippen LogP contribution in [-0.4, -0.2) is 28.5 Å². The number of hydrogen-bond acceptors (Lipinski definition) is 4. The van der Waals surface area contributed by atoms with E-state index in [-0.39, 0.29) is 5.91 Å². The quantitative estimate of drug-likeness (QED) is 0.858. The molecule has 5 nitrogen and oxygen atoms in total. The molecule has 0 spiro atoms. The standard InChI is InChI=1S/C17H20N4O/c1-12-19-15(17(22)21-14-7-8-14)11-16(20-12)18-10-9-13-5-3-2-4-6-13/h2-6,11,14H,7-10H2,1H3,(H,21,22)(H,18,19,20). The topological polar surface area (TPSA) is 66.9 Å². The van der Waals surface area contributed by atoms with Gasteiger partial charge in [-0.1, -0.05) is 30.3 Å². The Balaban J connectivity index is 1.60. The molecule has 0 bridgehead atoms. The molecule has 1 heterocycles. The maximum atomic E-state index is 12.1. The fourth-order valence-corrected chi connectivity index (χ4v) is 2.24. The zero-order chi connectivity index (χ0) is 15.4. The number of rotatable bonds is 6. The predicted octanol–water partition coefficient (Wildman–Crippen LogP) is 2.33. The van der Waals surface area contributed by atoms with Gasteiger partial charge in [0.1, 0.15) is 17.3 Å². The molecule has 1 aliphatic rings. The van der Waals surface area contributed by atoms with Gasteiger partial charge in [-0.05, 0) is 31.7 Å². The monoisotopic (exact) mass is 296 g/mol. The van der Waals surface area contributed by atoms with Crippen LogP contribution in [0.25, 0.3) is 0 Å². The summed E-state index contributed by atoms with van der Waals surface area (Å²) in [5.41, 5.74) is 1.70. The molecule has 0 unspecified atom stereocenters. The first-order valence-corrected chi connectivity index (χ1v) is 7.65. The number of anilines is 1. The Morgan fingerprint density at radius 3 is 2.73 bits per heavy atom. The molecule has 1 aliphatic carbocycles. The fourth-order valence-electron chi connectivity index (χ4n) is 2.24. The van der Waals surface area contributed by atoms with Crippen LogP contribution in [0.1, 0.15) is 34.7 Å². The van der Waals surface area contributed by atoms with Crippen LogP contribution in [0, 0.1) is 6.92 Å². The van der Waals surface area contributed by atoms with Gasteiger partial charge in [0.05, 0.1) is 0 Å². The van der Waals surface area contributed by atoms with Gasteiger partial charge in [-0.3, -0.25) is 4.79 Å². The predicted molar refractivity (Wildman–Crippen MR) is 85.9 cm³/mol. The summed E-state index contributed by atoms with van der Waals surface area (Å²) in [6.45, 7) is 2.57. The average molecular weight is 296 g/mol. The summed E-state index contributed by atoms with van der Waals surface area (Å²) in [6, 6.07) is 12.3. The summed E-state index contributed by atoms with van der Waals surface area (Å²) in [7, 11) is 0. The van der Waals surface area contributed by atoms with Crippen LogP contribution in [0.4, 0.5) is 5.82 Å². The molecule has 114 valence electrons. The van der Waals surface area contributed by atoms with Crippen molar-refractivity contribution < 1.29 is 4.79 Å². The molecule has 3 rings (SSSR count). The highest BCUT2D eigenvalue weighted by Gasteiger charge is 2.24. The fraction of sp³-hybridized carbons (Fsp3) is 0.353. The van der Waals surface area contributed by atoms with Crippen LogP contribution in [0.2, 0.25) is 0 Å². The van der Waals surface area contributed by atoms with E-state index in [1.54, 1.807) is 13.0 Å². The van der Waals surface area contributed by atoms with Gasteiger partial charge in [0.25, 0.3) is 5.91 Å². The van der Waals surface area contributed by atoms with Crippen LogP contribution in [-0.2, 0) is 6.42 Å². The van der Waals surface area contributed by atoms with Gasteiger partial charge in [0, 0.05) is 18.7 Å². The second-order valence-electron chi connectivity index (χ2n) is 5.60. The third-order valence-electron chi connectivity index (χ3n) is 3.55. The van der Waals surface area contributed by atoms with E-state index >= 15 is 0 Å². The first-order valence-electron chi connectivity index (χ1n) is 7.65. The Bertz CT molecular complexity index is 653. The molecule has 1 aromatic carbocycles. The molecule has 0 atom stereocenters. The second kappa shape index (κ2) is 6.56. The molecule has 22 heavy (non-hydrogen) atoms. The normalized spacial score (nSPS) is 13.7. The Morgan fingerprint density at radius 1 is 1.23 bits per heavy atom. The highest BCUT2D eigenvalue weighted by Crippen LogP contribution is 2.19. The van der Waals surface area contributed by atoms with Crippen LogP contribution >= 0.6 is 0 Å². The molecule has 0 radical (unpaired) electrons. The summed E-state index contributed by atoms with van der Waals surface area (Å²) >= 11 is 0. The number of benzene rings is 1. The van der Waals surface area contributed by atoms with E-state index in [0.29, 0.717) is 23.4 Å². The van der Waals surface area contributed by atoms with Gasteiger partial charge in [0.15, 0.2) is 0 Å². The minimum absolute atomic E-state index is 0.112. The number of aromatic nitrogens is 2. The van der Waals surface area contributed by atoms with Gasteiger partial charge in [-0.2, -0.15) is 0 Å². The van der Waals surface area contributed by atoms with E-state index in [1.165, 1.54) is 5.56 Å². The van der Waals surface area contributed by atoms with Crippen molar-refractivity contribution in [3.8, 4) is 0 Å². The van der Waals surface area contributed by atoms with Crippen molar-refractivity contribution in [1.82, 2.24) is 15.3 Å². The first-order chi connectivity index (χ1) is 10.7. The van der Waals surface area contributed by atoms with Crippen LogP contribution in [0.15, 0.2) is 36.4 Å². The maximum Gasteiger partial charge on any atom is 0.270 e. The molecular weight excluding hydrogens is 276 g/mol. The van der Waals surface area contributed by atoms with Crippen molar-refractivity contribution in [2.45, 2.75) is 32.2 Å². The van der Waals surface area contributed by atoms with Crippen LogP contribution < -0.4 is 10.6 Å². The molecule has 5 heteroatoms. The zero-order valence-electron chi connectivity index (χ0n) is 12.7. The number of nitrogens with zero attached hydrogens (tertiary/aromatic N) is 2. The third kappa shape index (κ3) is 4.04. The number of carbonyl (C=O) groups excluding carboxylic acids is 1. The lowest BCUT2D eigenvalue weighted by Crippen LogP contribution is -2.26. The summed E-state index contributed by atoms with van der Waals surface area (Å²) in [6.07, 6.45) is 3.05. The lowest BCUT2D eigenvalue weighted by atomic mass is 10.1. The van der Waals surface area contributed by atoms with Gasteiger partial charge >= 0.3 is 0 Å². The van der Waals surface area contributed by atoms with E-state index in [2.05, 4.69) is 32.7 Å². The largest absolute Gasteiger partial charge is 0.370 e. The molecule has 0 aliphatic heterocycles. The molecule has 1 saturated carbocycles. The Morgan fingerprint density at radius 2 is 2.00 bits per heavy atom. The molecule has 0 saturated heterocycles. The highest BCUT2D eigenvalue weighted by atomic mass is 16.2. The maximum absolute atomic E-state index is 12.1. The number of nitrogens with one attached hydrogen (secondary N) is 2. The summed E-state index contributed by atoms with van der Waals surface area (Å²) < 4.78 is 0. The third-order valence-corrected chi connectivity index (χ3v) is 3.55. The van der Waals surface area contributed by atoms with Gasteiger partial charge in [0.2, 0.25) is 0 Å². The number of hydrogen-bond donors (Lipinski definition) is 2. The minimum Gasteiger partial charge on any atom is -0.370 e. The molecule has 2 aromatic rings.